The van der Waals surface area contributed by atoms with Gasteiger partial charge in [-0.2, -0.15) is 5.10 Å². The first kappa shape index (κ1) is 20.3. The number of hydrogen-bond donors (Lipinski definition) is 1. The maximum atomic E-state index is 12.2. The van der Waals surface area contributed by atoms with Crippen LogP contribution in [0.1, 0.15) is 16.8 Å². The largest absolute Gasteiger partial charge is 0.455 e. The second kappa shape index (κ2) is 9.14. The van der Waals surface area contributed by atoms with Crippen LogP contribution in [0.25, 0.3) is 10.8 Å². The van der Waals surface area contributed by atoms with Gasteiger partial charge in [0.05, 0.1) is 17.5 Å². The van der Waals surface area contributed by atoms with Crippen molar-refractivity contribution in [2.24, 2.45) is 7.05 Å². The molecule has 0 aliphatic carbocycles. The number of carbonyl (C=O) groups is 2. The standard InChI is InChI=1S/C22H23N3O4/c1-15-7-3-4-8-16(15)11-12-23-20(26)14-29-21(27)13-19-17-9-5-6-10-18(17)22(28)25(2)24-19/h3-10H,11-14H2,1-2H3,(H,23,26). The van der Waals surface area contributed by atoms with E-state index in [0.29, 0.717) is 29.4 Å². The van der Waals surface area contributed by atoms with Crippen molar-refractivity contribution in [2.45, 2.75) is 19.8 Å². The Morgan fingerprint density at radius 3 is 2.52 bits per heavy atom. The van der Waals surface area contributed by atoms with Crippen LogP contribution in [0.4, 0.5) is 0 Å². The van der Waals surface area contributed by atoms with Crippen LogP contribution >= 0.6 is 0 Å². The van der Waals surface area contributed by atoms with E-state index in [1.165, 1.54) is 17.3 Å². The Labute approximate surface area is 168 Å². The molecule has 2 aromatic carbocycles. The molecule has 1 heterocycles. The van der Waals surface area contributed by atoms with Gasteiger partial charge in [0.2, 0.25) is 0 Å². The number of fused-ring (bicyclic) bond motifs is 1. The molecule has 0 spiro atoms. The molecule has 0 aliphatic rings. The number of nitrogens with zero attached hydrogens (tertiary/aromatic N) is 2. The third-order valence-electron chi connectivity index (χ3n) is 4.69. The quantitative estimate of drug-likeness (QED) is 0.617. The zero-order valence-electron chi connectivity index (χ0n) is 16.5. The molecule has 150 valence electrons. The van der Waals surface area contributed by atoms with Gasteiger partial charge in [-0.15, -0.1) is 0 Å². The Kier molecular flexibility index (Phi) is 6.39. The summed E-state index contributed by atoms with van der Waals surface area (Å²) >= 11 is 0. The van der Waals surface area contributed by atoms with E-state index in [4.69, 9.17) is 4.74 Å². The molecular weight excluding hydrogens is 370 g/mol. The van der Waals surface area contributed by atoms with Gasteiger partial charge in [0, 0.05) is 19.0 Å². The molecular formula is C22H23N3O4. The highest BCUT2D eigenvalue weighted by molar-refractivity contribution is 5.87. The van der Waals surface area contributed by atoms with Gasteiger partial charge >= 0.3 is 5.97 Å². The molecule has 0 fully saturated rings. The maximum absolute atomic E-state index is 12.2. The van der Waals surface area contributed by atoms with Gasteiger partial charge in [-0.1, -0.05) is 42.5 Å². The second-order valence-corrected chi connectivity index (χ2v) is 6.78. The van der Waals surface area contributed by atoms with Crippen molar-refractivity contribution in [1.29, 1.82) is 0 Å². The number of rotatable bonds is 7. The number of esters is 1. The van der Waals surface area contributed by atoms with Gasteiger partial charge in [0.25, 0.3) is 11.5 Å². The van der Waals surface area contributed by atoms with Gasteiger partial charge in [0.1, 0.15) is 0 Å². The summed E-state index contributed by atoms with van der Waals surface area (Å²) in [6.07, 6.45) is 0.589. The number of amides is 1. The van der Waals surface area contributed by atoms with Gasteiger partial charge in [-0.3, -0.25) is 14.4 Å². The molecule has 3 aromatic rings. The van der Waals surface area contributed by atoms with Crippen LogP contribution in [-0.2, 0) is 34.2 Å². The van der Waals surface area contributed by atoms with Crippen LogP contribution < -0.4 is 10.9 Å². The number of aryl methyl sites for hydroxylation is 2. The fraction of sp³-hybridized carbons (Fsp3) is 0.273. The lowest BCUT2D eigenvalue weighted by atomic mass is 10.1. The molecule has 7 nitrogen and oxygen atoms in total. The molecule has 0 saturated heterocycles. The summed E-state index contributed by atoms with van der Waals surface area (Å²) in [4.78, 5) is 36.2. The number of aromatic nitrogens is 2. The minimum atomic E-state index is -0.574. The van der Waals surface area contributed by atoms with Crippen LogP contribution in [0.15, 0.2) is 53.3 Å². The minimum absolute atomic E-state index is 0.120. The van der Waals surface area contributed by atoms with Gasteiger partial charge < -0.3 is 10.1 Å². The zero-order chi connectivity index (χ0) is 20.8. The molecule has 3 rings (SSSR count). The molecule has 0 aliphatic heterocycles. The van der Waals surface area contributed by atoms with Gasteiger partial charge in [-0.25, -0.2) is 4.68 Å². The first-order valence-electron chi connectivity index (χ1n) is 9.37. The number of benzene rings is 2. The number of carbonyl (C=O) groups excluding carboxylic acids is 2. The van der Waals surface area contributed by atoms with E-state index >= 15 is 0 Å². The monoisotopic (exact) mass is 393 g/mol. The molecule has 1 amide bonds. The van der Waals surface area contributed by atoms with E-state index in [0.717, 1.165) is 5.56 Å². The Hall–Kier alpha value is -3.48. The molecule has 0 atom stereocenters. The van der Waals surface area contributed by atoms with Crippen LogP contribution in [0, 0.1) is 6.92 Å². The zero-order valence-corrected chi connectivity index (χ0v) is 16.5. The fourth-order valence-electron chi connectivity index (χ4n) is 3.12. The SMILES string of the molecule is Cc1ccccc1CCNC(=O)COC(=O)Cc1nn(C)c(=O)c2ccccc12. The van der Waals surface area contributed by atoms with Crippen molar-refractivity contribution in [2.75, 3.05) is 13.2 Å². The second-order valence-electron chi connectivity index (χ2n) is 6.78. The van der Waals surface area contributed by atoms with E-state index in [-0.39, 0.29) is 24.5 Å². The molecule has 1 N–H and O–H groups in total. The summed E-state index contributed by atoms with van der Waals surface area (Å²) in [5.41, 5.74) is 2.54. The summed E-state index contributed by atoms with van der Waals surface area (Å²) in [5.74, 6) is -0.930. The van der Waals surface area contributed by atoms with Crippen molar-refractivity contribution >= 4 is 22.6 Å². The third-order valence-corrected chi connectivity index (χ3v) is 4.69. The maximum Gasteiger partial charge on any atom is 0.312 e. The van der Waals surface area contributed by atoms with Crippen molar-refractivity contribution in [3.63, 3.8) is 0 Å². The molecule has 0 bridgehead atoms. The van der Waals surface area contributed by atoms with Crippen LogP contribution in [0.3, 0.4) is 0 Å². The molecule has 0 unspecified atom stereocenters. The third kappa shape index (κ3) is 5.07. The summed E-state index contributed by atoms with van der Waals surface area (Å²) in [6.45, 7) is 2.14. The Morgan fingerprint density at radius 2 is 1.76 bits per heavy atom. The van der Waals surface area contributed by atoms with Crippen molar-refractivity contribution < 1.29 is 14.3 Å². The Morgan fingerprint density at radius 1 is 1.07 bits per heavy atom. The van der Waals surface area contributed by atoms with E-state index in [1.807, 2.05) is 31.2 Å². The molecule has 1 aromatic heterocycles. The lowest BCUT2D eigenvalue weighted by molar-refractivity contribution is -0.147. The highest BCUT2D eigenvalue weighted by Gasteiger charge is 2.14. The normalized spacial score (nSPS) is 10.7. The number of ether oxygens (including phenoxy) is 1. The summed E-state index contributed by atoms with van der Waals surface area (Å²) in [7, 11) is 1.53. The molecule has 7 heteroatoms. The average molecular weight is 393 g/mol. The minimum Gasteiger partial charge on any atom is -0.455 e. The Balaban J connectivity index is 1.52. The molecule has 29 heavy (non-hydrogen) atoms. The van der Waals surface area contributed by atoms with Crippen molar-refractivity contribution in [3.05, 3.63) is 75.7 Å². The highest BCUT2D eigenvalue weighted by Crippen LogP contribution is 2.13. The van der Waals surface area contributed by atoms with E-state index in [2.05, 4.69) is 10.4 Å². The molecule has 0 radical (unpaired) electrons. The number of hydrogen-bond acceptors (Lipinski definition) is 5. The summed E-state index contributed by atoms with van der Waals surface area (Å²) in [6, 6.07) is 14.9. The van der Waals surface area contributed by atoms with E-state index in [1.54, 1.807) is 24.3 Å². The van der Waals surface area contributed by atoms with Crippen LogP contribution in [0.5, 0.6) is 0 Å². The first-order valence-corrected chi connectivity index (χ1v) is 9.37. The van der Waals surface area contributed by atoms with Crippen LogP contribution in [-0.4, -0.2) is 34.8 Å². The predicted molar refractivity (Wildman–Crippen MR) is 110 cm³/mol. The Bertz CT molecular complexity index is 1100. The summed E-state index contributed by atoms with van der Waals surface area (Å²) < 4.78 is 6.27. The highest BCUT2D eigenvalue weighted by atomic mass is 16.5. The smallest absolute Gasteiger partial charge is 0.312 e. The average Bonchev–Trinajstić information content (AvgIpc) is 2.72. The van der Waals surface area contributed by atoms with Gasteiger partial charge in [0.15, 0.2) is 6.61 Å². The fourth-order valence-corrected chi connectivity index (χ4v) is 3.12. The topological polar surface area (TPSA) is 90.3 Å². The molecule has 0 saturated carbocycles. The number of nitrogens with one attached hydrogen (secondary N) is 1. The van der Waals surface area contributed by atoms with Gasteiger partial charge in [-0.05, 0) is 30.5 Å². The van der Waals surface area contributed by atoms with Crippen molar-refractivity contribution in [1.82, 2.24) is 15.1 Å². The first-order chi connectivity index (χ1) is 14.0. The van der Waals surface area contributed by atoms with Crippen LogP contribution in [0.2, 0.25) is 0 Å². The lowest BCUT2D eigenvalue weighted by Gasteiger charge is -2.09. The lowest BCUT2D eigenvalue weighted by Crippen LogP contribution is -2.31. The van der Waals surface area contributed by atoms with E-state index < -0.39 is 5.97 Å². The predicted octanol–water partition coefficient (Wildman–Crippen LogP) is 1.69. The summed E-state index contributed by atoms with van der Waals surface area (Å²) in [5, 5.41) is 8.00. The van der Waals surface area contributed by atoms with E-state index in [9.17, 15) is 14.4 Å². The van der Waals surface area contributed by atoms with Crippen molar-refractivity contribution in [3.8, 4) is 0 Å².